The maximum Gasteiger partial charge on any atom is 0.247 e. The van der Waals surface area contributed by atoms with Gasteiger partial charge in [0.05, 0.1) is 6.61 Å². The van der Waals surface area contributed by atoms with E-state index in [0.717, 1.165) is 24.8 Å². The molecule has 5 nitrogen and oxygen atoms in total. The molecule has 4 rings (SSSR count). The Morgan fingerprint density at radius 2 is 2.00 bits per heavy atom. The first-order chi connectivity index (χ1) is 11.0. The van der Waals surface area contributed by atoms with Crippen LogP contribution in [0.3, 0.4) is 0 Å². The lowest BCUT2D eigenvalue weighted by atomic mass is 9.95. The molecule has 0 spiro atoms. The van der Waals surface area contributed by atoms with Crippen molar-refractivity contribution in [2.24, 2.45) is 5.92 Å². The number of ketones is 1. The summed E-state index contributed by atoms with van der Waals surface area (Å²) in [6.07, 6.45) is 3.43. The molecule has 0 amide bonds. The van der Waals surface area contributed by atoms with Gasteiger partial charge in [0.2, 0.25) is 10.0 Å². The highest BCUT2D eigenvalue weighted by Crippen LogP contribution is 2.44. The summed E-state index contributed by atoms with van der Waals surface area (Å²) in [5.41, 5.74) is 0.954. The summed E-state index contributed by atoms with van der Waals surface area (Å²) in [6, 6.07) is 4.86. The normalized spacial score (nSPS) is 28.5. The zero-order chi connectivity index (χ0) is 16.2. The lowest BCUT2D eigenvalue weighted by molar-refractivity contribution is -0.123. The van der Waals surface area contributed by atoms with Crippen LogP contribution in [-0.4, -0.2) is 37.2 Å². The van der Waals surface area contributed by atoms with Crippen molar-refractivity contribution in [3.63, 3.8) is 0 Å². The van der Waals surface area contributed by atoms with Crippen LogP contribution in [-0.2, 0) is 21.2 Å². The molecule has 0 aromatic heterocycles. The third kappa shape index (κ3) is 2.48. The lowest BCUT2D eigenvalue weighted by Gasteiger charge is -2.39. The fourth-order valence-corrected chi connectivity index (χ4v) is 5.98. The first-order valence-electron chi connectivity index (χ1n) is 8.28. The number of benzene rings is 1. The van der Waals surface area contributed by atoms with Crippen molar-refractivity contribution in [2.75, 3.05) is 6.61 Å². The quantitative estimate of drug-likeness (QED) is 0.849. The second-order valence-electron chi connectivity index (χ2n) is 6.88. The van der Waals surface area contributed by atoms with E-state index in [1.54, 1.807) is 16.4 Å². The van der Waals surface area contributed by atoms with Crippen LogP contribution in [0.15, 0.2) is 23.1 Å². The number of nitrogens with zero attached hydrogens (tertiary/aromatic N) is 1. The lowest BCUT2D eigenvalue weighted by Crippen LogP contribution is -2.52. The van der Waals surface area contributed by atoms with Crippen molar-refractivity contribution >= 4 is 15.8 Å². The molecule has 1 aromatic carbocycles. The number of sulfonamides is 1. The van der Waals surface area contributed by atoms with E-state index in [0.29, 0.717) is 31.1 Å². The summed E-state index contributed by atoms with van der Waals surface area (Å²) in [5.74, 6) is 1.01. The molecular formula is C17H21NO4S. The predicted octanol–water partition coefficient (Wildman–Crippen LogP) is 2.14. The van der Waals surface area contributed by atoms with Gasteiger partial charge in [0.25, 0.3) is 0 Å². The molecule has 0 N–H and O–H groups in total. The number of rotatable bonds is 3. The Bertz CT molecular complexity index is 754. The Kier molecular flexibility index (Phi) is 3.50. The van der Waals surface area contributed by atoms with E-state index < -0.39 is 10.0 Å². The van der Waals surface area contributed by atoms with Gasteiger partial charge in [-0.3, -0.25) is 4.79 Å². The standard InChI is InChI=1S/C17H21NO4S/c1-11-9-14(19)10-15(12-5-6-12)18(11)23(20,21)16-4-2-3-13-7-8-22-17(13)16/h2-4,11-12,15H,5-10H2,1H3. The van der Waals surface area contributed by atoms with E-state index in [2.05, 4.69) is 0 Å². The van der Waals surface area contributed by atoms with E-state index in [4.69, 9.17) is 4.74 Å². The van der Waals surface area contributed by atoms with Gasteiger partial charge in [-0.05, 0) is 37.3 Å². The van der Waals surface area contributed by atoms with Gasteiger partial charge in [-0.15, -0.1) is 0 Å². The number of piperidine rings is 1. The molecule has 2 atom stereocenters. The van der Waals surface area contributed by atoms with Gasteiger partial charge < -0.3 is 4.74 Å². The number of carbonyl (C=O) groups is 1. The monoisotopic (exact) mass is 335 g/mol. The molecule has 1 aliphatic carbocycles. The van der Waals surface area contributed by atoms with Crippen LogP contribution < -0.4 is 4.74 Å². The number of para-hydroxylation sites is 1. The zero-order valence-electron chi connectivity index (χ0n) is 13.2. The molecular weight excluding hydrogens is 314 g/mol. The molecule has 0 bridgehead atoms. The second-order valence-corrected chi connectivity index (χ2v) is 8.69. The van der Waals surface area contributed by atoms with Gasteiger partial charge in [0.15, 0.2) is 0 Å². The van der Waals surface area contributed by atoms with Crippen LogP contribution in [0.4, 0.5) is 0 Å². The number of hydrogen-bond acceptors (Lipinski definition) is 4. The topological polar surface area (TPSA) is 63.7 Å². The molecule has 2 unspecified atom stereocenters. The van der Waals surface area contributed by atoms with Crippen LogP contribution in [0.5, 0.6) is 5.75 Å². The van der Waals surface area contributed by atoms with Crippen molar-refractivity contribution in [1.82, 2.24) is 4.31 Å². The third-order valence-corrected chi connectivity index (χ3v) is 7.18. The first kappa shape index (κ1) is 15.1. The van der Waals surface area contributed by atoms with E-state index in [1.807, 2.05) is 13.0 Å². The van der Waals surface area contributed by atoms with Crippen molar-refractivity contribution < 1.29 is 17.9 Å². The minimum absolute atomic E-state index is 0.176. The molecule has 2 aliphatic heterocycles. The molecule has 2 heterocycles. The summed E-state index contributed by atoms with van der Waals surface area (Å²) in [4.78, 5) is 12.2. The number of carbonyl (C=O) groups excluding carboxylic acids is 1. The minimum atomic E-state index is -3.66. The number of hydrogen-bond donors (Lipinski definition) is 0. The van der Waals surface area contributed by atoms with Crippen LogP contribution in [0.1, 0.15) is 38.2 Å². The Hall–Kier alpha value is -1.40. The number of fused-ring (bicyclic) bond motifs is 1. The van der Waals surface area contributed by atoms with Crippen LogP contribution in [0.2, 0.25) is 0 Å². The van der Waals surface area contributed by atoms with E-state index >= 15 is 0 Å². The average Bonchev–Trinajstić information content (AvgIpc) is 3.22. The fraction of sp³-hybridized carbons (Fsp3) is 0.588. The summed E-state index contributed by atoms with van der Waals surface area (Å²) in [5, 5.41) is 0. The summed E-state index contributed by atoms with van der Waals surface area (Å²) in [6.45, 7) is 2.37. The van der Waals surface area contributed by atoms with Crippen molar-refractivity contribution in [3.05, 3.63) is 23.8 Å². The van der Waals surface area contributed by atoms with Gasteiger partial charge in [0, 0.05) is 31.3 Å². The smallest absolute Gasteiger partial charge is 0.247 e. The highest BCUT2D eigenvalue weighted by molar-refractivity contribution is 7.89. The average molecular weight is 335 g/mol. The summed E-state index contributed by atoms with van der Waals surface area (Å²) >= 11 is 0. The number of Topliss-reactive ketones (excluding diaryl/α,β-unsaturated/α-hetero) is 1. The Balaban J connectivity index is 1.78. The van der Waals surface area contributed by atoms with E-state index in [1.165, 1.54) is 0 Å². The van der Waals surface area contributed by atoms with Crippen LogP contribution in [0, 0.1) is 5.92 Å². The Morgan fingerprint density at radius 1 is 1.22 bits per heavy atom. The van der Waals surface area contributed by atoms with Gasteiger partial charge in [-0.25, -0.2) is 8.42 Å². The third-order valence-electron chi connectivity index (χ3n) is 5.12. The second kappa shape index (κ2) is 5.31. The van der Waals surface area contributed by atoms with E-state index in [9.17, 15) is 13.2 Å². The largest absolute Gasteiger partial charge is 0.492 e. The molecule has 23 heavy (non-hydrogen) atoms. The zero-order valence-corrected chi connectivity index (χ0v) is 14.0. The molecule has 3 aliphatic rings. The maximum atomic E-state index is 13.3. The van der Waals surface area contributed by atoms with Gasteiger partial charge in [0.1, 0.15) is 16.4 Å². The molecule has 1 aromatic rings. The minimum Gasteiger partial charge on any atom is -0.492 e. The Morgan fingerprint density at radius 3 is 2.74 bits per heavy atom. The van der Waals surface area contributed by atoms with Crippen molar-refractivity contribution in [3.8, 4) is 5.75 Å². The highest BCUT2D eigenvalue weighted by atomic mass is 32.2. The summed E-state index contributed by atoms with van der Waals surface area (Å²) < 4.78 is 33.9. The summed E-state index contributed by atoms with van der Waals surface area (Å²) in [7, 11) is -3.66. The van der Waals surface area contributed by atoms with Crippen LogP contribution in [0.25, 0.3) is 0 Å². The van der Waals surface area contributed by atoms with Crippen molar-refractivity contribution in [2.45, 2.75) is 56.0 Å². The first-order valence-corrected chi connectivity index (χ1v) is 9.72. The molecule has 2 fully saturated rings. The fourth-order valence-electron chi connectivity index (χ4n) is 3.93. The van der Waals surface area contributed by atoms with Crippen LogP contribution >= 0.6 is 0 Å². The predicted molar refractivity (Wildman–Crippen MR) is 84.9 cm³/mol. The highest BCUT2D eigenvalue weighted by Gasteiger charge is 2.48. The van der Waals surface area contributed by atoms with Gasteiger partial charge in [-0.1, -0.05) is 12.1 Å². The van der Waals surface area contributed by atoms with Gasteiger partial charge >= 0.3 is 0 Å². The molecule has 124 valence electrons. The Labute approximate surface area is 136 Å². The SMILES string of the molecule is CC1CC(=O)CC(C2CC2)N1S(=O)(=O)c1cccc2c1OCC2. The molecule has 1 saturated heterocycles. The molecule has 1 saturated carbocycles. The van der Waals surface area contributed by atoms with E-state index in [-0.39, 0.29) is 22.8 Å². The number of ether oxygens (including phenoxy) is 1. The van der Waals surface area contributed by atoms with Gasteiger partial charge in [-0.2, -0.15) is 4.31 Å². The van der Waals surface area contributed by atoms with Crippen molar-refractivity contribution in [1.29, 1.82) is 0 Å². The molecule has 0 radical (unpaired) electrons. The molecule has 6 heteroatoms. The maximum absolute atomic E-state index is 13.3.